The zero-order chi connectivity index (χ0) is 92.8. The molecule has 3 aliphatic heterocycles. The van der Waals surface area contributed by atoms with Crippen LogP contribution in [0, 0.1) is 0 Å². The fraction of sp³-hybridized carbons (Fsp3) is 0. The number of Topliss-reactive ketones (excluding diaryl/α,β-unsaturated/α-hetero) is 6. The lowest BCUT2D eigenvalue weighted by Gasteiger charge is -2.41. The first-order valence-corrected chi connectivity index (χ1v) is 47.3. The van der Waals surface area contributed by atoms with E-state index in [0.717, 1.165) is 160 Å². The van der Waals surface area contributed by atoms with Crippen LogP contribution in [0.1, 0.15) is 90.0 Å². The second kappa shape index (κ2) is 32.8. The number of ketones is 6. The number of benzene rings is 22. The van der Waals surface area contributed by atoms with Crippen LogP contribution in [0.25, 0.3) is 127 Å². The van der Waals surface area contributed by atoms with E-state index in [-0.39, 0.29) is 51.4 Å². The fourth-order valence-electron chi connectivity index (χ4n) is 21.1. The van der Waals surface area contributed by atoms with Crippen molar-refractivity contribution in [3.8, 4) is 0 Å². The Kier molecular flexibility index (Phi) is 19.2. The molecule has 0 aromatic heterocycles. The highest BCUT2D eigenvalue weighted by atomic mass is 32.2. The molecule has 0 amide bonds. The van der Waals surface area contributed by atoms with Gasteiger partial charge in [-0.2, -0.15) is 0 Å². The van der Waals surface area contributed by atoms with Crippen molar-refractivity contribution in [2.45, 2.75) is 9.79 Å². The summed E-state index contributed by atoms with van der Waals surface area (Å²) in [6.07, 6.45) is 9.65. The number of fused-ring (bicyclic) bond motifs is 21. The van der Waals surface area contributed by atoms with Gasteiger partial charge >= 0.3 is 0 Å². The Morgan fingerprint density at radius 2 is 0.482 bits per heavy atom. The van der Waals surface area contributed by atoms with Crippen LogP contribution in [-0.4, -0.2) is 34.7 Å². The lowest BCUT2D eigenvalue weighted by molar-refractivity contribution is 0.0975. The zero-order valence-corrected chi connectivity index (χ0v) is 75.3. The van der Waals surface area contributed by atoms with E-state index in [1.165, 1.54) is 42.4 Å². The first kappa shape index (κ1) is 81.5. The number of allylic oxidation sites excluding steroid dienone is 3. The van der Waals surface area contributed by atoms with Crippen molar-refractivity contribution < 1.29 is 28.8 Å². The van der Waals surface area contributed by atoms with Gasteiger partial charge in [-0.05, 0) is 290 Å². The summed E-state index contributed by atoms with van der Waals surface area (Å²) >= 11 is 1.79. The highest BCUT2D eigenvalue weighted by Crippen LogP contribution is 2.59. The molecule has 0 atom stereocenters. The molecule has 28 rings (SSSR count). The Morgan fingerprint density at radius 3 is 0.885 bits per heavy atom. The Bertz CT molecular complexity index is 9160. The molecule has 3 heterocycles. The van der Waals surface area contributed by atoms with E-state index in [0.29, 0.717) is 33.4 Å². The highest BCUT2D eigenvalue weighted by molar-refractivity contribution is 8.00. The summed E-state index contributed by atoms with van der Waals surface area (Å²) in [6.45, 7) is 0. The van der Waals surface area contributed by atoms with Crippen LogP contribution in [-0.2, 0) is 0 Å². The summed E-state index contributed by atoms with van der Waals surface area (Å²) in [5, 5.41) is 19.3. The molecular weight excluding hydrogens is 1720 g/mol. The summed E-state index contributed by atoms with van der Waals surface area (Å²) in [5.74, 6) is -1.29. The monoisotopic (exact) mass is 1800 g/mol. The van der Waals surface area contributed by atoms with E-state index in [1.807, 2.05) is 152 Å². The first-order chi connectivity index (χ1) is 68.4. The second-order valence-electron chi connectivity index (χ2n) is 35.9. The van der Waals surface area contributed by atoms with Gasteiger partial charge in [-0.3, -0.25) is 28.8 Å². The fourth-order valence-corrected chi connectivity index (χ4v) is 22.3. The minimum atomic E-state index is -0.223. The van der Waals surface area contributed by atoms with Gasteiger partial charge in [0.25, 0.3) is 0 Å². The SMILES string of the molecule is O=C1C(=Cc2ccc3c4c(ccc3c2)N(c2ccccc2)c2cc3ccccc3cc2C=C4)C(=O)c2cc3ccccc3cc21.O=C1C(=Cc2ccc3c4c(ccc3c2)N(c2ccccc2)c2cc3ccccc3cc2N4c2ccccc2)C(=O)c2cc3ccccc3cc21.O=C1C(=Cc2ccc3c4c(ccc3c2)N(c2ccccc2)c2cc3ccccc3cc2S4)C(=O)c2cc3ccccc3cc21. The lowest BCUT2D eigenvalue weighted by Crippen LogP contribution is -2.24. The third-order valence-electron chi connectivity index (χ3n) is 27.7. The number of para-hydroxylation sites is 4. The van der Waals surface area contributed by atoms with Crippen LogP contribution in [0.15, 0.2) is 457 Å². The molecule has 139 heavy (non-hydrogen) atoms. The van der Waals surface area contributed by atoms with E-state index in [1.54, 1.807) is 30.0 Å². The van der Waals surface area contributed by atoms with Gasteiger partial charge in [0.1, 0.15) is 0 Å². The average Bonchev–Trinajstić information content (AvgIpc) is 1.48. The topological polar surface area (TPSA) is 115 Å². The molecule has 0 N–H and O–H groups in total. The molecule has 0 spiro atoms. The van der Waals surface area contributed by atoms with Crippen molar-refractivity contribution in [2.75, 3.05) is 19.6 Å². The third-order valence-corrected chi connectivity index (χ3v) is 28.9. The third kappa shape index (κ3) is 13.8. The Hall–Kier alpha value is -18.3. The largest absolute Gasteiger partial charge is 0.309 e. The van der Waals surface area contributed by atoms with E-state index >= 15 is 0 Å². The molecule has 650 valence electrons. The normalized spacial score (nSPS) is 13.7. The number of rotatable bonds is 7. The molecule has 22 aromatic rings. The van der Waals surface area contributed by atoms with Crippen molar-refractivity contribution in [3.05, 3.63) is 509 Å². The molecule has 22 aromatic carbocycles. The second-order valence-corrected chi connectivity index (χ2v) is 37.0. The van der Waals surface area contributed by atoms with Gasteiger partial charge in [0.2, 0.25) is 0 Å². The van der Waals surface area contributed by atoms with Crippen LogP contribution in [0.2, 0.25) is 0 Å². The molecule has 0 saturated carbocycles. The van der Waals surface area contributed by atoms with Gasteiger partial charge < -0.3 is 19.6 Å². The number of hydrogen-bond donors (Lipinski definition) is 0. The number of carbonyl (C=O) groups excluding carboxylic acids is 6. The molecular formula is C128H76N4O6S. The molecule has 0 radical (unpaired) electrons. The molecule has 0 bridgehead atoms. The molecule has 3 aliphatic carbocycles. The van der Waals surface area contributed by atoms with Gasteiger partial charge in [-0.1, -0.05) is 297 Å². The van der Waals surface area contributed by atoms with Crippen molar-refractivity contribution in [1.82, 2.24) is 0 Å². The van der Waals surface area contributed by atoms with Crippen molar-refractivity contribution in [3.63, 3.8) is 0 Å². The maximum absolute atomic E-state index is 13.6. The zero-order valence-electron chi connectivity index (χ0n) is 74.5. The Labute approximate surface area is 803 Å². The highest BCUT2D eigenvalue weighted by Gasteiger charge is 2.39. The van der Waals surface area contributed by atoms with E-state index in [9.17, 15) is 28.8 Å². The maximum Gasteiger partial charge on any atom is 0.197 e. The quantitative estimate of drug-likeness (QED) is 0.112. The van der Waals surface area contributed by atoms with Gasteiger partial charge in [0.15, 0.2) is 34.7 Å². The van der Waals surface area contributed by atoms with E-state index < -0.39 is 0 Å². The molecule has 0 saturated heterocycles. The summed E-state index contributed by atoms with van der Waals surface area (Å²) in [5.41, 5.74) is 21.4. The summed E-state index contributed by atoms with van der Waals surface area (Å²) in [6, 6.07) is 147. The van der Waals surface area contributed by atoms with Crippen molar-refractivity contribution in [1.29, 1.82) is 0 Å². The van der Waals surface area contributed by atoms with Crippen LogP contribution in [0.3, 0.4) is 0 Å². The van der Waals surface area contributed by atoms with Gasteiger partial charge in [0.05, 0.1) is 62.2 Å². The van der Waals surface area contributed by atoms with Crippen LogP contribution in [0.5, 0.6) is 0 Å². The first-order valence-electron chi connectivity index (χ1n) is 46.4. The smallest absolute Gasteiger partial charge is 0.197 e. The van der Waals surface area contributed by atoms with Crippen LogP contribution in [0.4, 0.5) is 68.2 Å². The van der Waals surface area contributed by atoms with E-state index in [4.69, 9.17) is 0 Å². The van der Waals surface area contributed by atoms with E-state index in [2.05, 4.69) is 311 Å². The van der Waals surface area contributed by atoms with Crippen LogP contribution >= 0.6 is 11.8 Å². The Morgan fingerprint density at radius 1 is 0.194 bits per heavy atom. The standard InChI is InChI=1S/C46H28N2O2.C42H25NO2.C40H23NO2S/c49-45-38-25-30-11-7-8-12-31(30)26-39(38)46(50)40(45)24-29-19-21-37-34(23-29)20-22-41-44(37)48(36-17-5-2-6-18-36)43-28-33-14-10-9-13-32(33)27-42(43)47(41)35-15-3-1-4-16-35;44-41-36-23-28-9-5-6-10-29(28)24-37(36)42(45)38(41)21-26-14-17-34-31(20-26)16-19-39-35(34)18-15-32-22-27-8-4-7-11-30(27)25-40(32)43(39)33-12-2-1-3-13-33;42-38-32-20-25-8-4-5-9-26(25)21-33(32)39(43)34(38)19-24-14-16-31-29(18-24)15-17-35-40(31)44-37-23-28-11-7-6-10-27(28)22-36(37)41(35)30-12-2-1-3-13-30/h1-28H;1-25H;1-23H. The summed E-state index contributed by atoms with van der Waals surface area (Å²) in [7, 11) is 0. The minimum Gasteiger partial charge on any atom is -0.309 e. The number of anilines is 12. The number of carbonyl (C=O) groups is 6. The maximum atomic E-state index is 13.6. The predicted octanol–water partition coefficient (Wildman–Crippen LogP) is 33.0. The van der Waals surface area contributed by atoms with Crippen molar-refractivity contribution >= 4 is 242 Å². The lowest BCUT2D eigenvalue weighted by atomic mass is 9.96. The van der Waals surface area contributed by atoms with Gasteiger partial charge in [0, 0.05) is 76.9 Å². The average molecular weight is 1800 g/mol. The molecule has 0 fully saturated rings. The van der Waals surface area contributed by atoms with Crippen LogP contribution < -0.4 is 19.6 Å². The Balaban J connectivity index is 0.000000108. The van der Waals surface area contributed by atoms with Crippen molar-refractivity contribution in [2.24, 2.45) is 0 Å². The molecule has 6 aliphatic rings. The number of hydrogen-bond acceptors (Lipinski definition) is 11. The molecule has 11 heteroatoms. The summed E-state index contributed by atoms with van der Waals surface area (Å²) in [4.78, 5) is 92.6. The predicted molar refractivity (Wildman–Crippen MR) is 571 cm³/mol. The number of nitrogens with zero attached hydrogens (tertiary/aromatic N) is 4. The minimum absolute atomic E-state index is 0.203. The van der Waals surface area contributed by atoms with Gasteiger partial charge in [-0.25, -0.2) is 0 Å². The van der Waals surface area contributed by atoms with Gasteiger partial charge in [-0.15, -0.1) is 0 Å². The molecule has 0 unspecified atom stereocenters. The molecule has 10 nitrogen and oxygen atoms in total. The summed E-state index contributed by atoms with van der Waals surface area (Å²) < 4.78 is 0.